The Labute approximate surface area is 130 Å². The predicted octanol–water partition coefficient (Wildman–Crippen LogP) is 3.26. The lowest BCUT2D eigenvalue weighted by molar-refractivity contribution is 0.110. The Morgan fingerprint density at radius 1 is 1.30 bits per heavy atom. The minimum absolute atomic E-state index is 0.0193. The van der Waals surface area contributed by atoms with Crippen molar-refractivity contribution in [2.75, 3.05) is 0 Å². The number of hydrogen-bond acceptors (Lipinski definition) is 4. The first-order valence-electron chi connectivity index (χ1n) is 6.41. The summed E-state index contributed by atoms with van der Waals surface area (Å²) in [6, 6.07) is 7.39. The van der Waals surface area contributed by atoms with Gasteiger partial charge in [0, 0.05) is 39.3 Å². The second kappa shape index (κ2) is 5.21. The van der Waals surface area contributed by atoms with E-state index in [4.69, 9.17) is 0 Å². The molecule has 0 unspecified atom stereocenters. The molecule has 0 saturated carbocycles. The zero-order chi connectivity index (χ0) is 14.3. The van der Waals surface area contributed by atoms with Crippen molar-refractivity contribution in [2.45, 2.75) is 25.4 Å². The standard InChI is InChI=1S/C15H13IN2O2/c1-8-6-11(19)14-12(8)13(17-7-18-14)9-2-4-10(5-3-9)15(16)20/h2-5,7-8,11,19H,6H2,1H3/t8-,11-/m1/s1. The second-order valence-electron chi connectivity index (χ2n) is 5.02. The maximum atomic E-state index is 11.3. The van der Waals surface area contributed by atoms with Crippen LogP contribution in [0.4, 0.5) is 0 Å². The molecule has 0 fully saturated rings. The van der Waals surface area contributed by atoms with Crippen LogP contribution in [0.5, 0.6) is 0 Å². The van der Waals surface area contributed by atoms with Crippen LogP contribution in [0.3, 0.4) is 0 Å². The van der Waals surface area contributed by atoms with Gasteiger partial charge in [0.25, 0.3) is 0 Å². The highest BCUT2D eigenvalue weighted by molar-refractivity contribution is 14.1. The molecule has 4 nitrogen and oxygen atoms in total. The molecule has 0 bridgehead atoms. The molecule has 0 saturated heterocycles. The van der Waals surface area contributed by atoms with E-state index in [0.717, 1.165) is 22.5 Å². The van der Waals surface area contributed by atoms with Crippen LogP contribution in [0.25, 0.3) is 11.3 Å². The molecule has 1 aromatic heterocycles. The fourth-order valence-corrected chi connectivity index (χ4v) is 3.07. The Bertz CT molecular complexity index is 670. The van der Waals surface area contributed by atoms with Crippen molar-refractivity contribution in [3.63, 3.8) is 0 Å². The SMILES string of the molecule is C[C@@H]1C[C@@H](O)c2ncnc(-c3ccc(C(=O)I)cc3)c21. The molecule has 5 heteroatoms. The van der Waals surface area contributed by atoms with Crippen molar-refractivity contribution in [3.05, 3.63) is 47.4 Å². The Morgan fingerprint density at radius 3 is 2.65 bits per heavy atom. The lowest BCUT2D eigenvalue weighted by Gasteiger charge is -2.10. The van der Waals surface area contributed by atoms with Gasteiger partial charge in [-0.15, -0.1) is 0 Å². The van der Waals surface area contributed by atoms with Gasteiger partial charge in [-0.2, -0.15) is 0 Å². The summed E-state index contributed by atoms with van der Waals surface area (Å²) in [5.74, 6) is 0.238. The molecule has 20 heavy (non-hydrogen) atoms. The van der Waals surface area contributed by atoms with Gasteiger partial charge in [0.1, 0.15) is 6.33 Å². The first kappa shape index (κ1) is 13.6. The Morgan fingerprint density at radius 2 is 2.00 bits per heavy atom. The summed E-state index contributed by atoms with van der Waals surface area (Å²) in [6.07, 6.45) is 1.68. The maximum absolute atomic E-state index is 11.3. The van der Waals surface area contributed by atoms with E-state index in [1.807, 2.05) is 12.1 Å². The summed E-state index contributed by atoms with van der Waals surface area (Å²) >= 11 is 1.77. The van der Waals surface area contributed by atoms with Crippen LogP contribution < -0.4 is 0 Å². The highest BCUT2D eigenvalue weighted by atomic mass is 127. The van der Waals surface area contributed by atoms with Gasteiger partial charge in [-0.25, -0.2) is 9.97 Å². The number of carbonyl (C=O) groups excluding carboxylic acids is 1. The normalized spacial score (nSPS) is 20.8. The summed E-state index contributed by atoms with van der Waals surface area (Å²) in [4.78, 5) is 19.9. The molecule has 3 rings (SSSR count). The number of hydrogen-bond donors (Lipinski definition) is 1. The van der Waals surface area contributed by atoms with Crippen LogP contribution in [0, 0.1) is 0 Å². The van der Waals surface area contributed by atoms with Gasteiger partial charge in [0.05, 0.1) is 17.5 Å². The van der Waals surface area contributed by atoms with Crippen molar-refractivity contribution in [3.8, 4) is 11.3 Å². The number of fused-ring (bicyclic) bond motifs is 1. The van der Waals surface area contributed by atoms with Gasteiger partial charge < -0.3 is 5.11 Å². The van der Waals surface area contributed by atoms with Crippen LogP contribution in [0.15, 0.2) is 30.6 Å². The third-order valence-electron chi connectivity index (χ3n) is 3.69. The zero-order valence-electron chi connectivity index (χ0n) is 10.9. The van der Waals surface area contributed by atoms with Crippen LogP contribution in [0.1, 0.15) is 47.0 Å². The third kappa shape index (κ3) is 2.25. The Kier molecular flexibility index (Phi) is 3.55. The lowest BCUT2D eigenvalue weighted by Crippen LogP contribution is -1.99. The number of benzene rings is 1. The first-order valence-corrected chi connectivity index (χ1v) is 7.49. The van der Waals surface area contributed by atoms with Gasteiger partial charge in [-0.1, -0.05) is 19.1 Å². The average molecular weight is 380 g/mol. The smallest absolute Gasteiger partial charge is 0.222 e. The molecule has 0 amide bonds. The number of halogens is 1. The van der Waals surface area contributed by atoms with Gasteiger partial charge >= 0.3 is 0 Å². The number of rotatable bonds is 2. The van der Waals surface area contributed by atoms with Gasteiger partial charge in [-0.3, -0.25) is 4.79 Å². The van der Waals surface area contributed by atoms with Crippen molar-refractivity contribution in [1.29, 1.82) is 0 Å². The van der Waals surface area contributed by atoms with Crippen LogP contribution in [-0.2, 0) is 0 Å². The minimum Gasteiger partial charge on any atom is -0.387 e. The summed E-state index contributed by atoms with van der Waals surface area (Å²) in [5.41, 5.74) is 4.23. The summed E-state index contributed by atoms with van der Waals surface area (Å²) in [7, 11) is 0. The molecule has 0 spiro atoms. The predicted molar refractivity (Wildman–Crippen MR) is 83.8 cm³/mol. The van der Waals surface area contributed by atoms with Gasteiger partial charge in [0.15, 0.2) is 0 Å². The van der Waals surface area contributed by atoms with E-state index in [1.54, 1.807) is 34.7 Å². The van der Waals surface area contributed by atoms with Crippen molar-refractivity contribution < 1.29 is 9.90 Å². The van der Waals surface area contributed by atoms with E-state index >= 15 is 0 Å². The zero-order valence-corrected chi connectivity index (χ0v) is 13.0. The number of aliphatic hydroxyl groups excluding tert-OH is 1. The highest BCUT2D eigenvalue weighted by Crippen LogP contribution is 2.42. The number of aliphatic hydroxyl groups is 1. The van der Waals surface area contributed by atoms with E-state index in [0.29, 0.717) is 12.0 Å². The molecule has 1 aromatic carbocycles. The van der Waals surface area contributed by atoms with E-state index in [2.05, 4.69) is 16.9 Å². The number of carbonyl (C=O) groups is 1. The van der Waals surface area contributed by atoms with E-state index < -0.39 is 6.10 Å². The lowest BCUT2D eigenvalue weighted by atomic mass is 9.98. The van der Waals surface area contributed by atoms with E-state index in [9.17, 15) is 9.90 Å². The molecule has 1 aliphatic carbocycles. The maximum Gasteiger partial charge on any atom is 0.222 e. The molecule has 2 aromatic rings. The largest absolute Gasteiger partial charge is 0.387 e. The van der Waals surface area contributed by atoms with Crippen LogP contribution in [-0.4, -0.2) is 18.9 Å². The average Bonchev–Trinajstić information content (AvgIpc) is 2.74. The molecule has 1 aliphatic rings. The third-order valence-corrected chi connectivity index (χ3v) is 4.31. The summed E-state index contributed by atoms with van der Waals surface area (Å²) in [5, 5.41) is 10.0. The monoisotopic (exact) mass is 380 g/mol. The Hall–Kier alpha value is -1.34. The quantitative estimate of drug-likeness (QED) is 0.642. The Balaban J connectivity index is 2.10. The highest BCUT2D eigenvalue weighted by Gasteiger charge is 2.31. The van der Waals surface area contributed by atoms with E-state index in [1.165, 1.54) is 6.33 Å². The van der Waals surface area contributed by atoms with E-state index in [-0.39, 0.29) is 9.71 Å². The molecule has 1 N–H and O–H groups in total. The molecular weight excluding hydrogens is 367 g/mol. The van der Waals surface area contributed by atoms with Crippen molar-refractivity contribution in [2.24, 2.45) is 0 Å². The summed E-state index contributed by atoms with van der Waals surface area (Å²) < 4.78 is 0.0193. The molecule has 1 heterocycles. The van der Waals surface area contributed by atoms with Crippen molar-refractivity contribution in [1.82, 2.24) is 9.97 Å². The topological polar surface area (TPSA) is 63.1 Å². The number of aromatic nitrogens is 2. The first-order chi connectivity index (χ1) is 9.58. The van der Waals surface area contributed by atoms with Crippen molar-refractivity contribution >= 4 is 26.4 Å². The van der Waals surface area contributed by atoms with Crippen LogP contribution in [0.2, 0.25) is 0 Å². The fourth-order valence-electron chi connectivity index (χ4n) is 2.71. The summed E-state index contributed by atoms with van der Waals surface area (Å²) in [6.45, 7) is 2.07. The molecule has 102 valence electrons. The molecule has 0 radical (unpaired) electrons. The number of nitrogens with zero attached hydrogens (tertiary/aromatic N) is 2. The molecule has 0 aliphatic heterocycles. The fraction of sp³-hybridized carbons (Fsp3) is 0.267. The minimum atomic E-state index is -0.503. The van der Waals surface area contributed by atoms with Gasteiger partial charge in [0.2, 0.25) is 3.79 Å². The van der Waals surface area contributed by atoms with Crippen LogP contribution >= 0.6 is 22.6 Å². The molecular formula is C15H13IN2O2. The second-order valence-corrected chi connectivity index (χ2v) is 6.00. The van der Waals surface area contributed by atoms with Gasteiger partial charge in [-0.05, 0) is 24.5 Å². The molecule has 2 atom stereocenters.